The van der Waals surface area contributed by atoms with Crippen molar-refractivity contribution in [2.45, 2.75) is 62.2 Å². The van der Waals surface area contributed by atoms with Crippen molar-refractivity contribution in [1.82, 2.24) is 15.3 Å². The van der Waals surface area contributed by atoms with Gasteiger partial charge in [-0.15, -0.1) is 0 Å². The molecule has 37 heavy (non-hydrogen) atoms. The Morgan fingerprint density at radius 2 is 1.62 bits per heavy atom. The largest absolute Gasteiger partial charge is 0.391 e. The molecule has 4 rings (SSSR count). The average Bonchev–Trinajstić information content (AvgIpc) is 2.88. The Hall–Kier alpha value is -3.50. The molecule has 3 atom stereocenters. The molecule has 2 aromatic carbocycles. The van der Waals surface area contributed by atoms with E-state index in [9.17, 15) is 28.6 Å². The van der Waals surface area contributed by atoms with Gasteiger partial charge in [-0.05, 0) is 43.4 Å². The molecule has 2 amide bonds. The summed E-state index contributed by atoms with van der Waals surface area (Å²) in [6, 6.07) is 15.3. The van der Waals surface area contributed by atoms with Crippen LogP contribution >= 0.6 is 0 Å². The Balaban J connectivity index is 1.55. The monoisotopic (exact) mass is 512 g/mol. The van der Waals surface area contributed by atoms with Crippen molar-refractivity contribution in [3.63, 3.8) is 0 Å². The topological polar surface area (TPSA) is 138 Å². The zero-order valence-electron chi connectivity index (χ0n) is 20.2. The molecule has 1 fully saturated rings. The van der Waals surface area contributed by atoms with Crippen LogP contribution in [0.5, 0.6) is 0 Å². The van der Waals surface area contributed by atoms with Gasteiger partial charge in [-0.25, -0.2) is 13.8 Å². The second kappa shape index (κ2) is 10.9. The molecular weight excluding hydrogens is 482 g/mol. The summed E-state index contributed by atoms with van der Waals surface area (Å²) >= 11 is 0. The maximum atomic E-state index is 13.7. The van der Waals surface area contributed by atoms with Gasteiger partial charge in [-0.2, -0.15) is 0 Å². The highest BCUT2D eigenvalue weighted by atomic mass is 19.3. The van der Waals surface area contributed by atoms with Crippen LogP contribution in [-0.4, -0.2) is 55.7 Å². The van der Waals surface area contributed by atoms with E-state index in [0.717, 1.165) is 5.56 Å². The van der Waals surface area contributed by atoms with E-state index in [0.29, 0.717) is 11.0 Å². The van der Waals surface area contributed by atoms with Crippen molar-refractivity contribution >= 4 is 22.8 Å². The Bertz CT molecular complexity index is 1250. The summed E-state index contributed by atoms with van der Waals surface area (Å²) in [5.74, 6) is -5.66. The van der Waals surface area contributed by atoms with E-state index >= 15 is 0 Å². The number of nitrogens with zero attached hydrogens (tertiary/aromatic N) is 2. The Morgan fingerprint density at radius 1 is 1.00 bits per heavy atom. The molecule has 1 heterocycles. The number of nitrogens with two attached hydrogens (primary N) is 1. The lowest BCUT2D eigenvalue weighted by Gasteiger charge is -2.41. The van der Waals surface area contributed by atoms with Crippen LogP contribution in [0.4, 0.5) is 8.78 Å². The van der Waals surface area contributed by atoms with Crippen LogP contribution in [0.25, 0.3) is 11.0 Å². The number of fused-ring (bicyclic) bond motifs is 1. The van der Waals surface area contributed by atoms with Gasteiger partial charge < -0.3 is 21.3 Å². The minimum Gasteiger partial charge on any atom is -0.391 e. The molecule has 0 radical (unpaired) electrons. The first-order valence-corrected chi connectivity index (χ1v) is 12.2. The number of alkyl halides is 2. The van der Waals surface area contributed by atoms with Gasteiger partial charge in [0.2, 0.25) is 11.8 Å². The minimum absolute atomic E-state index is 0.0450. The molecule has 3 aromatic rings. The van der Waals surface area contributed by atoms with Gasteiger partial charge in [0.15, 0.2) is 0 Å². The van der Waals surface area contributed by atoms with E-state index in [1.54, 1.807) is 24.3 Å². The summed E-state index contributed by atoms with van der Waals surface area (Å²) in [5.41, 5.74) is 5.80. The number of amides is 2. The van der Waals surface area contributed by atoms with E-state index in [2.05, 4.69) is 15.3 Å². The van der Waals surface area contributed by atoms with Crippen LogP contribution in [-0.2, 0) is 11.2 Å². The van der Waals surface area contributed by atoms with E-state index in [1.165, 1.54) is 6.20 Å². The van der Waals surface area contributed by atoms with Gasteiger partial charge in [-0.3, -0.25) is 14.6 Å². The molecular formula is C27H30F2N4O4. The fourth-order valence-corrected chi connectivity index (χ4v) is 4.86. The van der Waals surface area contributed by atoms with Crippen LogP contribution in [0.1, 0.15) is 48.2 Å². The molecule has 1 aromatic heterocycles. The number of primary amides is 1. The normalized spacial score (nSPS) is 19.0. The zero-order valence-corrected chi connectivity index (χ0v) is 20.2. The number of benzene rings is 2. The van der Waals surface area contributed by atoms with Crippen LogP contribution in [0.2, 0.25) is 0 Å². The van der Waals surface area contributed by atoms with Gasteiger partial charge in [0.05, 0.1) is 40.9 Å². The first kappa shape index (κ1) is 26.6. The smallest absolute Gasteiger partial charge is 0.271 e. The number of nitrogens with one attached hydrogen (secondary N) is 1. The van der Waals surface area contributed by atoms with Crippen molar-refractivity contribution in [3.05, 3.63) is 72.1 Å². The Labute approximate surface area is 212 Å². The SMILES string of the molecule is NC(=O)C(C[C@H](O)[C@H](Cc1ccccc1)NC(=O)c1cnc2ccccc2n1)C1(O)CCC(F)(F)CC1. The molecule has 10 heteroatoms. The van der Waals surface area contributed by atoms with Gasteiger partial charge in [0.25, 0.3) is 5.91 Å². The number of carbonyl (C=O) groups excluding carboxylic acids is 2. The van der Waals surface area contributed by atoms with Gasteiger partial charge >= 0.3 is 0 Å². The maximum absolute atomic E-state index is 13.7. The molecule has 0 saturated heterocycles. The molecule has 1 saturated carbocycles. The lowest BCUT2D eigenvalue weighted by atomic mass is 9.71. The molecule has 1 aliphatic rings. The number of hydrogen-bond acceptors (Lipinski definition) is 6. The van der Waals surface area contributed by atoms with Crippen molar-refractivity contribution < 1.29 is 28.6 Å². The van der Waals surface area contributed by atoms with Crippen molar-refractivity contribution in [3.8, 4) is 0 Å². The second-order valence-corrected chi connectivity index (χ2v) is 9.73. The first-order chi connectivity index (χ1) is 17.6. The van der Waals surface area contributed by atoms with Gasteiger partial charge in [-0.1, -0.05) is 42.5 Å². The van der Waals surface area contributed by atoms with E-state index in [4.69, 9.17) is 5.73 Å². The third-order valence-electron chi connectivity index (χ3n) is 7.08. The number of hydrogen-bond donors (Lipinski definition) is 4. The predicted molar refractivity (Wildman–Crippen MR) is 133 cm³/mol. The summed E-state index contributed by atoms with van der Waals surface area (Å²) < 4.78 is 27.4. The lowest BCUT2D eigenvalue weighted by Crippen LogP contribution is -2.53. The number of para-hydroxylation sites is 2. The summed E-state index contributed by atoms with van der Waals surface area (Å²) in [6.45, 7) is 0. The minimum atomic E-state index is -2.92. The number of aromatic nitrogens is 2. The van der Waals surface area contributed by atoms with Gasteiger partial charge in [0, 0.05) is 12.8 Å². The van der Waals surface area contributed by atoms with Crippen LogP contribution < -0.4 is 11.1 Å². The van der Waals surface area contributed by atoms with Crippen LogP contribution in [0, 0.1) is 5.92 Å². The van der Waals surface area contributed by atoms with Crippen LogP contribution in [0.15, 0.2) is 60.8 Å². The summed E-state index contributed by atoms with van der Waals surface area (Å²) in [4.78, 5) is 34.0. The fraction of sp³-hybridized carbons (Fsp3) is 0.407. The highest BCUT2D eigenvalue weighted by Gasteiger charge is 2.49. The first-order valence-electron chi connectivity index (χ1n) is 12.2. The third-order valence-corrected chi connectivity index (χ3v) is 7.08. The lowest BCUT2D eigenvalue weighted by molar-refractivity contribution is -0.152. The van der Waals surface area contributed by atoms with Crippen molar-refractivity contribution in [2.75, 3.05) is 0 Å². The molecule has 0 aliphatic heterocycles. The molecule has 8 nitrogen and oxygen atoms in total. The average molecular weight is 513 g/mol. The maximum Gasteiger partial charge on any atom is 0.271 e. The third kappa shape index (κ3) is 6.44. The molecule has 1 unspecified atom stereocenters. The summed E-state index contributed by atoms with van der Waals surface area (Å²) in [6.07, 6.45) is -1.87. The summed E-state index contributed by atoms with van der Waals surface area (Å²) in [7, 11) is 0. The summed E-state index contributed by atoms with van der Waals surface area (Å²) in [5, 5.41) is 25.0. The Kier molecular flexibility index (Phi) is 7.79. The standard InChI is InChI=1S/C27H30F2N4O4/c28-27(29)12-10-26(37,11-13-27)18(24(30)35)15-23(34)21(14-17-6-2-1-3-7-17)33-25(36)22-16-31-19-8-4-5-9-20(19)32-22/h1-9,16,18,21,23,34,37H,10-15H2,(H2,30,35)(H,33,36)/t18?,21-,23-/m0/s1. The number of carbonyl (C=O) groups is 2. The fourth-order valence-electron chi connectivity index (χ4n) is 4.86. The predicted octanol–water partition coefficient (Wildman–Crippen LogP) is 2.76. The quantitative estimate of drug-likeness (QED) is 0.348. The van der Waals surface area contributed by atoms with E-state index < -0.39 is 54.2 Å². The van der Waals surface area contributed by atoms with Gasteiger partial charge in [0.1, 0.15) is 5.69 Å². The number of halogens is 2. The zero-order chi connectivity index (χ0) is 26.6. The highest BCUT2D eigenvalue weighted by Crippen LogP contribution is 2.43. The molecule has 5 N–H and O–H groups in total. The van der Waals surface area contributed by atoms with Crippen molar-refractivity contribution in [1.29, 1.82) is 0 Å². The number of aliphatic hydroxyl groups is 2. The highest BCUT2D eigenvalue weighted by molar-refractivity contribution is 5.94. The molecule has 1 aliphatic carbocycles. The molecule has 196 valence electrons. The van der Waals surface area contributed by atoms with E-state index in [1.807, 2.05) is 30.3 Å². The number of aliphatic hydroxyl groups excluding tert-OH is 1. The molecule has 0 bridgehead atoms. The second-order valence-electron chi connectivity index (χ2n) is 9.73. The van der Waals surface area contributed by atoms with Crippen molar-refractivity contribution in [2.24, 2.45) is 11.7 Å². The van der Waals surface area contributed by atoms with Crippen LogP contribution in [0.3, 0.4) is 0 Å². The Morgan fingerprint density at radius 3 is 2.27 bits per heavy atom. The molecule has 0 spiro atoms. The number of rotatable bonds is 9. The van der Waals surface area contributed by atoms with E-state index in [-0.39, 0.29) is 31.4 Å².